The summed E-state index contributed by atoms with van der Waals surface area (Å²) in [5.74, 6) is 0. The Hall–Kier alpha value is -6.29. The molecule has 0 atom stereocenters. The van der Waals surface area contributed by atoms with E-state index in [0.717, 1.165) is 19.3 Å². The first-order chi connectivity index (χ1) is 34.2. The highest BCUT2D eigenvalue weighted by molar-refractivity contribution is 7.26. The summed E-state index contributed by atoms with van der Waals surface area (Å²) in [4.78, 5) is 5.26. The molecule has 0 unspecified atom stereocenters. The van der Waals surface area contributed by atoms with Gasteiger partial charge in [-0.05, 0) is 124 Å². The van der Waals surface area contributed by atoms with Crippen molar-refractivity contribution in [3.63, 3.8) is 0 Å². The first kappa shape index (κ1) is 44.6. The van der Waals surface area contributed by atoms with Gasteiger partial charge in [0.05, 0.1) is 48.3 Å². The minimum absolute atomic E-state index is 0.0215. The third-order valence-corrected chi connectivity index (χ3v) is 22.5. The SMILES string of the molecule is CCc1cc(N(c2ccc([Si](C)(C)C)cc2)c2cccc3c2sc2ccccc23)c2cc3c4c(cc(N(c5ccc([Si](C)(C)C)cc5)c5cccc6c5sc5ccccc56)c5ccc1c2c54)CCC3(C)C. The highest BCUT2D eigenvalue weighted by Crippen LogP contribution is 2.56. The van der Waals surface area contributed by atoms with Crippen molar-refractivity contribution in [2.75, 3.05) is 9.80 Å². The van der Waals surface area contributed by atoms with Crippen LogP contribution in [-0.2, 0) is 18.3 Å². The Morgan fingerprint density at radius 1 is 0.451 bits per heavy atom. The largest absolute Gasteiger partial charge is 0.308 e. The summed E-state index contributed by atoms with van der Waals surface area (Å²) in [5, 5.41) is 16.5. The maximum Gasteiger partial charge on any atom is 0.0775 e. The van der Waals surface area contributed by atoms with Crippen LogP contribution in [0.4, 0.5) is 34.1 Å². The summed E-state index contributed by atoms with van der Waals surface area (Å²) in [6.07, 6.45) is 3.05. The Balaban J connectivity index is 1.16. The van der Waals surface area contributed by atoms with Crippen molar-refractivity contribution in [3.05, 3.63) is 180 Å². The molecule has 10 aromatic carbocycles. The van der Waals surface area contributed by atoms with E-state index in [-0.39, 0.29) is 5.41 Å². The van der Waals surface area contributed by atoms with E-state index >= 15 is 0 Å². The van der Waals surface area contributed by atoms with Crippen LogP contribution in [0.25, 0.3) is 72.7 Å². The molecule has 350 valence electrons. The number of aryl methyl sites for hydroxylation is 2. The number of fused-ring (bicyclic) bond motifs is 6. The second-order valence-electron chi connectivity index (χ2n) is 22.9. The molecule has 0 bridgehead atoms. The van der Waals surface area contributed by atoms with Crippen molar-refractivity contribution in [3.8, 4) is 0 Å². The van der Waals surface area contributed by atoms with Gasteiger partial charge in [-0.1, -0.05) is 167 Å². The standard InChI is InChI=1S/C65H60N2S2Si2/c1-10-40-37-57(67(43-27-31-45(32-28-43)71(7,8)9)55-22-16-20-50-48-18-12-14-24-59(48)69-64(50)55)52-39-53-60-41(35-36-65(53,2)3)38-56(51-34-33-46(40)61(52)62(51)60)66(42-25-29-44(30-26-42)70(4,5)6)54-21-15-19-49-47-17-11-13-23-58(47)68-63(49)54/h11-34,37-39H,10,35-36H2,1-9H3. The van der Waals surface area contributed by atoms with Gasteiger partial charge in [0, 0.05) is 58.5 Å². The normalized spacial score (nSPS) is 14.0. The molecule has 0 saturated heterocycles. The van der Waals surface area contributed by atoms with E-state index in [0.29, 0.717) is 0 Å². The Labute approximate surface area is 428 Å². The average Bonchev–Trinajstić information content (AvgIpc) is 3.95. The van der Waals surface area contributed by atoms with Gasteiger partial charge in [-0.2, -0.15) is 0 Å². The van der Waals surface area contributed by atoms with Gasteiger partial charge in [-0.15, -0.1) is 22.7 Å². The molecule has 0 spiro atoms. The fraction of sp³-hybridized carbons (Fsp3) is 0.200. The molecule has 1 aliphatic carbocycles. The molecule has 0 amide bonds. The molecule has 1 aliphatic rings. The van der Waals surface area contributed by atoms with Crippen molar-refractivity contribution < 1.29 is 0 Å². The van der Waals surface area contributed by atoms with Crippen LogP contribution in [0.1, 0.15) is 43.9 Å². The minimum atomic E-state index is -1.56. The lowest BCUT2D eigenvalue weighted by molar-refractivity contribution is 0.475. The third-order valence-electron chi connectivity index (χ3n) is 16.0. The van der Waals surface area contributed by atoms with E-state index in [9.17, 15) is 0 Å². The molecule has 12 aromatic rings. The van der Waals surface area contributed by atoms with E-state index < -0.39 is 16.1 Å². The van der Waals surface area contributed by atoms with Gasteiger partial charge in [-0.3, -0.25) is 0 Å². The van der Waals surface area contributed by atoms with Crippen LogP contribution in [0, 0.1) is 0 Å². The van der Waals surface area contributed by atoms with Crippen LogP contribution in [0.5, 0.6) is 0 Å². The lowest BCUT2D eigenvalue weighted by Gasteiger charge is -2.37. The summed E-state index contributed by atoms with van der Waals surface area (Å²) in [6.45, 7) is 22.0. The molecule has 0 N–H and O–H groups in total. The van der Waals surface area contributed by atoms with Gasteiger partial charge in [0.15, 0.2) is 0 Å². The average molecular weight is 990 g/mol. The van der Waals surface area contributed by atoms with Crippen LogP contribution in [0.15, 0.2) is 164 Å². The summed E-state index contributed by atoms with van der Waals surface area (Å²) in [5.41, 5.74) is 11.7. The van der Waals surface area contributed by atoms with Crippen LogP contribution >= 0.6 is 22.7 Å². The molecule has 0 saturated carbocycles. The number of nitrogens with zero attached hydrogens (tertiary/aromatic N) is 2. The molecule has 2 aromatic heterocycles. The number of hydrogen-bond donors (Lipinski definition) is 0. The summed E-state index contributed by atoms with van der Waals surface area (Å²) in [7, 11) is -3.12. The number of thiophene rings is 2. The molecule has 0 radical (unpaired) electrons. The first-order valence-corrected chi connectivity index (χ1v) is 34.2. The molecule has 2 heterocycles. The quantitative estimate of drug-likeness (QED) is 0.105. The Bertz CT molecular complexity index is 4090. The molecular formula is C65H60N2S2Si2. The first-order valence-electron chi connectivity index (χ1n) is 25.6. The Morgan fingerprint density at radius 3 is 1.46 bits per heavy atom. The van der Waals surface area contributed by atoms with E-state index in [1.807, 2.05) is 22.7 Å². The van der Waals surface area contributed by atoms with Crippen LogP contribution < -0.4 is 20.2 Å². The van der Waals surface area contributed by atoms with E-state index in [2.05, 4.69) is 234 Å². The fourth-order valence-corrected chi connectivity index (χ4v) is 16.8. The predicted molar refractivity (Wildman–Crippen MR) is 322 cm³/mol. The van der Waals surface area contributed by atoms with Crippen molar-refractivity contribution in [1.82, 2.24) is 0 Å². The molecular weight excluding hydrogens is 929 g/mol. The molecule has 0 aliphatic heterocycles. The zero-order valence-corrected chi connectivity index (χ0v) is 46.1. The number of anilines is 6. The van der Waals surface area contributed by atoms with Crippen LogP contribution in [-0.4, -0.2) is 16.1 Å². The van der Waals surface area contributed by atoms with Gasteiger partial charge < -0.3 is 9.80 Å². The number of benzene rings is 10. The lowest BCUT2D eigenvalue weighted by Crippen LogP contribution is -2.37. The fourth-order valence-electron chi connectivity index (χ4n) is 12.0. The van der Waals surface area contributed by atoms with Gasteiger partial charge in [0.1, 0.15) is 0 Å². The highest BCUT2D eigenvalue weighted by atomic mass is 32.1. The van der Waals surface area contributed by atoms with E-state index in [1.165, 1.54) is 134 Å². The van der Waals surface area contributed by atoms with Gasteiger partial charge >= 0.3 is 0 Å². The van der Waals surface area contributed by atoms with Crippen LogP contribution in [0.2, 0.25) is 39.3 Å². The number of hydrogen-bond acceptors (Lipinski definition) is 4. The highest BCUT2D eigenvalue weighted by Gasteiger charge is 2.34. The molecule has 71 heavy (non-hydrogen) atoms. The van der Waals surface area contributed by atoms with Crippen LogP contribution in [0.3, 0.4) is 0 Å². The molecule has 6 heteroatoms. The molecule has 2 nitrogen and oxygen atoms in total. The van der Waals surface area contributed by atoms with E-state index in [4.69, 9.17) is 0 Å². The zero-order chi connectivity index (χ0) is 48.7. The number of rotatable bonds is 9. The summed E-state index contributed by atoms with van der Waals surface area (Å²) in [6, 6.07) is 63.9. The topological polar surface area (TPSA) is 6.48 Å². The Morgan fingerprint density at radius 2 is 0.944 bits per heavy atom. The summed E-state index contributed by atoms with van der Waals surface area (Å²) < 4.78 is 5.30. The maximum atomic E-state index is 2.64. The third kappa shape index (κ3) is 6.96. The molecule has 0 fully saturated rings. The van der Waals surface area contributed by atoms with Crippen molar-refractivity contribution in [2.45, 2.75) is 84.7 Å². The Kier molecular flexibility index (Phi) is 10.1. The van der Waals surface area contributed by atoms with Gasteiger partial charge in [-0.25, -0.2) is 0 Å². The second kappa shape index (κ2) is 16.1. The van der Waals surface area contributed by atoms with Crippen molar-refractivity contribution >= 4 is 156 Å². The molecule has 13 rings (SSSR count). The smallest absolute Gasteiger partial charge is 0.0775 e. The summed E-state index contributed by atoms with van der Waals surface area (Å²) >= 11 is 3.85. The monoisotopic (exact) mass is 988 g/mol. The second-order valence-corrected chi connectivity index (χ2v) is 35.1. The van der Waals surface area contributed by atoms with Crippen molar-refractivity contribution in [2.24, 2.45) is 0 Å². The maximum absolute atomic E-state index is 2.64. The minimum Gasteiger partial charge on any atom is -0.308 e. The van der Waals surface area contributed by atoms with Gasteiger partial charge in [0.25, 0.3) is 0 Å². The lowest BCUT2D eigenvalue weighted by atomic mass is 9.70. The van der Waals surface area contributed by atoms with Crippen molar-refractivity contribution in [1.29, 1.82) is 0 Å². The zero-order valence-electron chi connectivity index (χ0n) is 42.4. The van der Waals surface area contributed by atoms with Gasteiger partial charge in [0.2, 0.25) is 0 Å². The predicted octanol–water partition coefficient (Wildman–Crippen LogP) is 19.1. The van der Waals surface area contributed by atoms with E-state index in [1.54, 1.807) is 0 Å².